The second kappa shape index (κ2) is 7.42. The molecule has 0 bridgehead atoms. The Morgan fingerprint density at radius 1 is 1.26 bits per heavy atom. The normalized spacial score (nSPS) is 11.0. The minimum Gasteiger partial charge on any atom is -0.495 e. The van der Waals surface area contributed by atoms with E-state index in [1.807, 2.05) is 24.3 Å². The molecule has 27 heavy (non-hydrogen) atoms. The number of anilines is 1. The molecule has 0 aliphatic heterocycles. The van der Waals surface area contributed by atoms with Gasteiger partial charge in [0, 0.05) is 15.9 Å². The number of ether oxygens (including phenoxy) is 1. The Morgan fingerprint density at radius 2 is 2.11 bits per heavy atom. The van der Waals surface area contributed by atoms with Crippen molar-refractivity contribution in [2.45, 2.75) is 5.16 Å². The van der Waals surface area contributed by atoms with E-state index < -0.39 is 0 Å². The first-order valence-corrected chi connectivity index (χ1v) is 9.38. The molecule has 4 aromatic rings. The molecule has 4 rings (SSSR count). The number of fused-ring (bicyclic) bond motifs is 3. The molecule has 0 unspecified atom stereocenters. The number of thioether (sulfide) groups is 1. The quantitative estimate of drug-likeness (QED) is 0.494. The van der Waals surface area contributed by atoms with Crippen LogP contribution >= 0.6 is 23.4 Å². The molecule has 0 atom stereocenters. The number of carbonyl (C=O) groups is 1. The van der Waals surface area contributed by atoms with E-state index in [0.717, 1.165) is 10.9 Å². The third-order valence-corrected chi connectivity index (χ3v) is 4.94. The number of benzene rings is 2. The molecule has 9 heteroatoms. The number of amides is 1. The van der Waals surface area contributed by atoms with E-state index in [1.54, 1.807) is 18.2 Å². The lowest BCUT2D eigenvalue weighted by Crippen LogP contribution is -2.15. The second-order valence-electron chi connectivity index (χ2n) is 5.64. The van der Waals surface area contributed by atoms with Gasteiger partial charge in [0.25, 0.3) is 0 Å². The highest BCUT2D eigenvalue weighted by molar-refractivity contribution is 7.99. The largest absolute Gasteiger partial charge is 0.495 e. The average Bonchev–Trinajstić information content (AvgIpc) is 3.04. The molecule has 0 saturated heterocycles. The third kappa shape index (κ3) is 3.67. The van der Waals surface area contributed by atoms with Gasteiger partial charge < -0.3 is 15.0 Å². The van der Waals surface area contributed by atoms with Gasteiger partial charge in [0.15, 0.2) is 5.65 Å². The second-order valence-corrected chi connectivity index (χ2v) is 7.02. The number of hydrogen-bond acceptors (Lipinski definition) is 6. The summed E-state index contributed by atoms with van der Waals surface area (Å²) in [5, 5.41) is 13.0. The van der Waals surface area contributed by atoms with Crippen LogP contribution in [0.3, 0.4) is 0 Å². The summed E-state index contributed by atoms with van der Waals surface area (Å²) in [4.78, 5) is 19.9. The molecule has 0 aliphatic carbocycles. The Bertz CT molecular complexity index is 1150. The van der Waals surface area contributed by atoms with Gasteiger partial charge in [-0.1, -0.05) is 41.6 Å². The summed E-state index contributed by atoms with van der Waals surface area (Å²) < 4.78 is 5.22. The zero-order valence-corrected chi connectivity index (χ0v) is 15.8. The van der Waals surface area contributed by atoms with Crippen molar-refractivity contribution >= 4 is 57.0 Å². The molecule has 136 valence electrons. The first-order valence-electron chi connectivity index (χ1n) is 8.01. The third-order valence-electron chi connectivity index (χ3n) is 3.87. The zero-order valence-electron chi connectivity index (χ0n) is 14.2. The van der Waals surface area contributed by atoms with Crippen molar-refractivity contribution in [1.82, 2.24) is 20.2 Å². The van der Waals surface area contributed by atoms with E-state index in [1.165, 1.54) is 18.9 Å². The van der Waals surface area contributed by atoms with E-state index in [9.17, 15) is 4.79 Å². The predicted octanol–water partition coefficient (Wildman–Crippen LogP) is 3.90. The lowest BCUT2D eigenvalue weighted by Gasteiger charge is -2.10. The Kier molecular flexibility index (Phi) is 4.83. The minimum atomic E-state index is -0.221. The summed E-state index contributed by atoms with van der Waals surface area (Å²) in [7, 11) is 1.53. The summed E-state index contributed by atoms with van der Waals surface area (Å²) >= 11 is 7.17. The smallest absolute Gasteiger partial charge is 0.234 e. The van der Waals surface area contributed by atoms with Gasteiger partial charge >= 0.3 is 0 Å². The monoisotopic (exact) mass is 399 g/mol. The van der Waals surface area contributed by atoms with Crippen LogP contribution in [-0.2, 0) is 4.79 Å². The summed E-state index contributed by atoms with van der Waals surface area (Å²) in [6.45, 7) is 0. The number of hydrogen-bond donors (Lipinski definition) is 2. The van der Waals surface area contributed by atoms with E-state index in [2.05, 4.69) is 25.5 Å². The predicted molar refractivity (Wildman–Crippen MR) is 107 cm³/mol. The SMILES string of the molecule is COc1ccc(Cl)cc1NC(=O)CSc1nnc2c(n1)[nH]c1ccccc12. The van der Waals surface area contributed by atoms with Crippen molar-refractivity contribution in [2.24, 2.45) is 0 Å². The number of rotatable bonds is 5. The van der Waals surface area contributed by atoms with Gasteiger partial charge in [-0.3, -0.25) is 4.79 Å². The first-order chi connectivity index (χ1) is 13.1. The lowest BCUT2D eigenvalue weighted by molar-refractivity contribution is -0.113. The van der Waals surface area contributed by atoms with Crippen LogP contribution < -0.4 is 10.1 Å². The number of H-pyrrole nitrogens is 1. The minimum absolute atomic E-state index is 0.128. The van der Waals surface area contributed by atoms with Crippen LogP contribution in [0, 0.1) is 0 Å². The number of para-hydroxylation sites is 1. The average molecular weight is 400 g/mol. The van der Waals surface area contributed by atoms with Crippen LogP contribution in [0.2, 0.25) is 5.02 Å². The van der Waals surface area contributed by atoms with Crippen molar-refractivity contribution in [3.8, 4) is 5.75 Å². The number of carbonyl (C=O) groups excluding carboxylic acids is 1. The fourth-order valence-electron chi connectivity index (χ4n) is 2.66. The molecule has 0 aliphatic rings. The van der Waals surface area contributed by atoms with E-state index in [4.69, 9.17) is 16.3 Å². The standard InChI is InChI=1S/C18H14ClN5O2S/c1-26-14-7-6-10(19)8-13(14)20-15(25)9-27-18-22-17-16(23-24-18)11-4-2-3-5-12(11)21-17/h2-8H,9H2,1H3,(H,20,25)(H,21,22,24). The van der Waals surface area contributed by atoms with Crippen molar-refractivity contribution in [1.29, 1.82) is 0 Å². The zero-order chi connectivity index (χ0) is 18.8. The summed E-state index contributed by atoms with van der Waals surface area (Å²) in [6.07, 6.45) is 0. The van der Waals surface area contributed by atoms with Crippen LogP contribution in [-0.4, -0.2) is 38.9 Å². The van der Waals surface area contributed by atoms with Crippen LogP contribution in [0.1, 0.15) is 0 Å². The molecule has 2 heterocycles. The van der Waals surface area contributed by atoms with Gasteiger partial charge in [0.1, 0.15) is 11.3 Å². The van der Waals surface area contributed by atoms with Crippen molar-refractivity contribution in [3.05, 3.63) is 47.5 Å². The molecular formula is C18H14ClN5O2S. The number of aromatic nitrogens is 4. The highest BCUT2D eigenvalue weighted by atomic mass is 35.5. The molecule has 0 saturated carbocycles. The Hall–Kier alpha value is -2.84. The Morgan fingerprint density at radius 3 is 2.96 bits per heavy atom. The maximum absolute atomic E-state index is 12.3. The number of halogens is 1. The Balaban J connectivity index is 1.47. The number of nitrogens with one attached hydrogen (secondary N) is 2. The molecular weight excluding hydrogens is 386 g/mol. The van der Waals surface area contributed by atoms with Crippen molar-refractivity contribution < 1.29 is 9.53 Å². The molecule has 0 radical (unpaired) electrons. The molecule has 2 aromatic carbocycles. The lowest BCUT2D eigenvalue weighted by atomic mass is 10.2. The van der Waals surface area contributed by atoms with Crippen molar-refractivity contribution in [3.63, 3.8) is 0 Å². The van der Waals surface area contributed by atoms with E-state index in [-0.39, 0.29) is 11.7 Å². The highest BCUT2D eigenvalue weighted by Crippen LogP contribution is 2.28. The van der Waals surface area contributed by atoms with Gasteiger partial charge in [-0.15, -0.1) is 10.2 Å². The molecule has 0 spiro atoms. The maximum Gasteiger partial charge on any atom is 0.234 e. The molecule has 2 aromatic heterocycles. The van der Waals surface area contributed by atoms with Gasteiger partial charge in [0.2, 0.25) is 11.1 Å². The molecule has 7 nitrogen and oxygen atoms in total. The first kappa shape index (κ1) is 17.6. The van der Waals surface area contributed by atoms with Crippen LogP contribution in [0.25, 0.3) is 22.1 Å². The van der Waals surface area contributed by atoms with E-state index >= 15 is 0 Å². The summed E-state index contributed by atoms with van der Waals surface area (Å²) in [6, 6.07) is 12.8. The molecule has 2 N–H and O–H groups in total. The maximum atomic E-state index is 12.3. The topological polar surface area (TPSA) is 92.8 Å². The molecule has 0 fully saturated rings. The van der Waals surface area contributed by atoms with Crippen LogP contribution in [0.4, 0.5) is 5.69 Å². The van der Waals surface area contributed by atoms with Gasteiger partial charge in [-0.25, -0.2) is 4.98 Å². The van der Waals surface area contributed by atoms with Gasteiger partial charge in [-0.05, 0) is 24.3 Å². The fourth-order valence-corrected chi connectivity index (χ4v) is 3.42. The number of aromatic amines is 1. The summed E-state index contributed by atoms with van der Waals surface area (Å²) in [5.41, 5.74) is 2.82. The van der Waals surface area contributed by atoms with Gasteiger partial charge in [0.05, 0.1) is 18.6 Å². The van der Waals surface area contributed by atoms with Crippen molar-refractivity contribution in [2.75, 3.05) is 18.2 Å². The molecule has 1 amide bonds. The number of methoxy groups -OCH3 is 1. The van der Waals surface area contributed by atoms with Crippen LogP contribution in [0.5, 0.6) is 5.75 Å². The van der Waals surface area contributed by atoms with Gasteiger partial charge in [-0.2, -0.15) is 0 Å². The summed E-state index contributed by atoms with van der Waals surface area (Å²) in [5.74, 6) is 0.444. The number of nitrogens with zero attached hydrogens (tertiary/aromatic N) is 3. The van der Waals surface area contributed by atoms with Crippen LogP contribution in [0.15, 0.2) is 47.6 Å². The highest BCUT2D eigenvalue weighted by Gasteiger charge is 2.12. The van der Waals surface area contributed by atoms with E-state index in [0.29, 0.717) is 32.8 Å². The Labute approximate surface area is 163 Å². The fraction of sp³-hybridized carbons (Fsp3) is 0.111.